The summed E-state index contributed by atoms with van der Waals surface area (Å²) in [5.41, 5.74) is 2.54. The Hall–Kier alpha value is -3.13. The molecule has 0 saturated carbocycles. The molecule has 1 N–H and O–H groups in total. The summed E-state index contributed by atoms with van der Waals surface area (Å²) in [7, 11) is 0. The van der Waals surface area contributed by atoms with E-state index in [-0.39, 0.29) is 0 Å². The van der Waals surface area contributed by atoms with Crippen molar-refractivity contribution in [1.82, 2.24) is 19.5 Å². The van der Waals surface area contributed by atoms with Crippen LogP contribution in [0.3, 0.4) is 0 Å². The molecule has 3 aromatic heterocycles. The van der Waals surface area contributed by atoms with Crippen molar-refractivity contribution in [2.24, 2.45) is 0 Å². The van der Waals surface area contributed by atoms with Crippen molar-refractivity contribution in [2.75, 3.05) is 18.5 Å². The van der Waals surface area contributed by atoms with Crippen LogP contribution in [-0.4, -0.2) is 32.7 Å². The molecule has 1 aliphatic carbocycles. The lowest BCUT2D eigenvalue weighted by molar-refractivity contribution is 0.171. The molecule has 1 aliphatic heterocycles. The SMILES string of the molecule is c1cn(-c2nc(NCc3ccc4c(c3)OCCO4)c3c4c(sc3n2)CCCC4)cn1. The highest BCUT2D eigenvalue weighted by molar-refractivity contribution is 7.19. The van der Waals surface area contributed by atoms with Crippen LogP contribution < -0.4 is 14.8 Å². The van der Waals surface area contributed by atoms with E-state index in [9.17, 15) is 0 Å². The van der Waals surface area contributed by atoms with Gasteiger partial charge in [-0.3, -0.25) is 4.57 Å². The second-order valence-corrected chi connectivity index (χ2v) is 8.65. The van der Waals surface area contributed by atoms with Crippen molar-refractivity contribution in [3.05, 3.63) is 52.9 Å². The first-order valence-electron chi connectivity index (χ1n) is 10.3. The van der Waals surface area contributed by atoms with Crippen molar-refractivity contribution in [3.8, 4) is 17.4 Å². The highest BCUT2D eigenvalue weighted by Gasteiger charge is 2.22. The van der Waals surface area contributed by atoms with E-state index >= 15 is 0 Å². The Morgan fingerprint density at radius 2 is 1.97 bits per heavy atom. The molecule has 0 radical (unpaired) electrons. The van der Waals surface area contributed by atoms with Gasteiger partial charge in [-0.2, -0.15) is 4.98 Å². The zero-order valence-corrected chi connectivity index (χ0v) is 17.2. The summed E-state index contributed by atoms with van der Waals surface area (Å²) in [6, 6.07) is 6.09. The smallest absolute Gasteiger partial charge is 0.238 e. The van der Waals surface area contributed by atoms with Gasteiger partial charge in [-0.15, -0.1) is 11.3 Å². The molecule has 0 fully saturated rings. The van der Waals surface area contributed by atoms with E-state index in [2.05, 4.69) is 16.4 Å². The second kappa shape index (κ2) is 7.28. The molecular weight excluding hydrogens is 398 g/mol. The molecule has 0 saturated heterocycles. The minimum atomic E-state index is 0.589. The van der Waals surface area contributed by atoms with Gasteiger partial charge < -0.3 is 14.8 Å². The first-order chi connectivity index (χ1) is 14.8. The minimum absolute atomic E-state index is 0.589. The zero-order chi connectivity index (χ0) is 19.9. The zero-order valence-electron chi connectivity index (χ0n) is 16.4. The largest absolute Gasteiger partial charge is 0.486 e. The Kier molecular flexibility index (Phi) is 4.30. The van der Waals surface area contributed by atoms with Crippen molar-refractivity contribution in [3.63, 3.8) is 0 Å². The van der Waals surface area contributed by atoms with Crippen molar-refractivity contribution < 1.29 is 9.47 Å². The quantitative estimate of drug-likeness (QED) is 0.536. The molecule has 4 heterocycles. The summed E-state index contributed by atoms with van der Waals surface area (Å²) < 4.78 is 13.2. The lowest BCUT2D eigenvalue weighted by Crippen LogP contribution is -2.15. The van der Waals surface area contributed by atoms with Crippen molar-refractivity contribution in [1.29, 1.82) is 0 Å². The molecule has 0 spiro atoms. The van der Waals surface area contributed by atoms with Crippen LogP contribution in [0.25, 0.3) is 16.2 Å². The van der Waals surface area contributed by atoms with Gasteiger partial charge >= 0.3 is 0 Å². The number of benzene rings is 1. The summed E-state index contributed by atoms with van der Waals surface area (Å²) in [4.78, 5) is 16.4. The average molecular weight is 420 g/mol. The molecule has 1 aromatic carbocycles. The Labute approximate surface area is 177 Å². The molecule has 152 valence electrons. The maximum Gasteiger partial charge on any atom is 0.238 e. The first kappa shape index (κ1) is 17.7. The summed E-state index contributed by atoms with van der Waals surface area (Å²) >= 11 is 1.80. The van der Waals surface area contributed by atoms with Crippen LogP contribution in [0, 0.1) is 0 Å². The summed E-state index contributed by atoms with van der Waals surface area (Å²) in [5, 5.41) is 4.75. The number of aryl methyl sites for hydroxylation is 2. The molecule has 0 atom stereocenters. The van der Waals surface area contributed by atoms with Crippen LogP contribution in [0.15, 0.2) is 36.9 Å². The van der Waals surface area contributed by atoms with Gasteiger partial charge in [0.05, 0.1) is 5.39 Å². The topological polar surface area (TPSA) is 74.1 Å². The van der Waals surface area contributed by atoms with E-state index < -0.39 is 0 Å². The molecule has 30 heavy (non-hydrogen) atoms. The van der Waals surface area contributed by atoms with Gasteiger partial charge in [0.15, 0.2) is 11.5 Å². The first-order valence-corrected chi connectivity index (χ1v) is 11.1. The lowest BCUT2D eigenvalue weighted by atomic mass is 9.97. The average Bonchev–Trinajstić information content (AvgIpc) is 3.45. The molecule has 0 unspecified atom stereocenters. The molecule has 6 rings (SSSR count). The fraction of sp³-hybridized carbons (Fsp3) is 0.318. The maximum absolute atomic E-state index is 5.73. The number of thiophene rings is 1. The number of anilines is 1. The fourth-order valence-corrected chi connectivity index (χ4v) is 5.41. The van der Waals surface area contributed by atoms with Gasteiger partial charge in [0.25, 0.3) is 0 Å². The fourth-order valence-electron chi connectivity index (χ4n) is 4.15. The van der Waals surface area contributed by atoms with Crippen LogP contribution >= 0.6 is 11.3 Å². The van der Waals surface area contributed by atoms with Crippen molar-refractivity contribution >= 4 is 27.4 Å². The Balaban J connectivity index is 1.39. The van der Waals surface area contributed by atoms with Gasteiger partial charge in [0.1, 0.15) is 30.2 Å². The number of fused-ring (bicyclic) bond motifs is 4. The lowest BCUT2D eigenvalue weighted by Gasteiger charge is -2.19. The minimum Gasteiger partial charge on any atom is -0.486 e. The van der Waals surface area contributed by atoms with E-state index in [1.807, 2.05) is 22.9 Å². The van der Waals surface area contributed by atoms with E-state index in [0.717, 1.165) is 40.6 Å². The third-order valence-electron chi connectivity index (χ3n) is 5.60. The summed E-state index contributed by atoms with van der Waals surface area (Å²) in [6.07, 6.45) is 10.1. The standard InChI is InChI=1S/C22H21N5O2S/c1-2-4-18-15(3-1)19-20(25-22(26-21(19)30-18)27-8-7-23-13-27)24-12-14-5-6-16-17(11-14)29-10-9-28-16/h5-8,11,13H,1-4,9-10,12H2,(H,24,25,26). The van der Waals surface area contributed by atoms with Crippen LogP contribution in [-0.2, 0) is 19.4 Å². The highest BCUT2D eigenvalue weighted by Crippen LogP contribution is 2.39. The third-order valence-corrected chi connectivity index (χ3v) is 6.79. The molecule has 0 amide bonds. The Morgan fingerprint density at radius 1 is 1.07 bits per heavy atom. The number of nitrogens with zero attached hydrogens (tertiary/aromatic N) is 4. The second-order valence-electron chi connectivity index (χ2n) is 7.56. The van der Waals surface area contributed by atoms with Gasteiger partial charge in [-0.1, -0.05) is 6.07 Å². The van der Waals surface area contributed by atoms with E-state index in [1.165, 1.54) is 28.7 Å². The van der Waals surface area contributed by atoms with Crippen molar-refractivity contribution in [2.45, 2.75) is 32.2 Å². The molecule has 4 aromatic rings. The van der Waals surface area contributed by atoms with Crippen LogP contribution in [0.4, 0.5) is 5.82 Å². The van der Waals surface area contributed by atoms with Gasteiger partial charge in [0, 0.05) is 23.8 Å². The van der Waals surface area contributed by atoms with Gasteiger partial charge in [-0.05, 0) is 48.9 Å². The van der Waals surface area contributed by atoms with Crippen LogP contribution in [0.2, 0.25) is 0 Å². The molecule has 8 heteroatoms. The van der Waals surface area contributed by atoms with Gasteiger partial charge in [0.2, 0.25) is 5.95 Å². The number of rotatable bonds is 4. The predicted molar refractivity (Wildman–Crippen MR) is 116 cm³/mol. The number of imidazole rings is 1. The Morgan fingerprint density at radius 3 is 2.87 bits per heavy atom. The summed E-state index contributed by atoms with van der Waals surface area (Å²) in [6.45, 7) is 1.84. The van der Waals surface area contributed by atoms with E-state index in [1.54, 1.807) is 23.9 Å². The molecule has 7 nitrogen and oxygen atoms in total. The molecule has 0 bridgehead atoms. The number of ether oxygens (including phenoxy) is 2. The number of hydrogen-bond acceptors (Lipinski definition) is 7. The summed E-state index contributed by atoms with van der Waals surface area (Å²) in [5.74, 6) is 3.14. The maximum atomic E-state index is 5.73. The third kappa shape index (κ3) is 3.08. The monoisotopic (exact) mass is 419 g/mol. The number of aromatic nitrogens is 4. The normalized spacial score (nSPS) is 15.2. The molecular formula is C22H21N5O2S. The number of nitrogens with one attached hydrogen (secondary N) is 1. The highest BCUT2D eigenvalue weighted by atomic mass is 32.1. The van der Waals surface area contributed by atoms with Crippen LogP contribution in [0.5, 0.6) is 11.5 Å². The van der Waals surface area contributed by atoms with E-state index in [0.29, 0.717) is 25.7 Å². The van der Waals surface area contributed by atoms with Crippen LogP contribution in [0.1, 0.15) is 28.8 Å². The predicted octanol–water partition coefficient (Wildman–Crippen LogP) is 4.14. The molecule has 2 aliphatic rings. The number of hydrogen-bond donors (Lipinski definition) is 1. The Bertz CT molecular complexity index is 1220. The van der Waals surface area contributed by atoms with E-state index in [4.69, 9.17) is 19.4 Å². The van der Waals surface area contributed by atoms with Gasteiger partial charge in [-0.25, -0.2) is 9.97 Å².